The van der Waals surface area contributed by atoms with E-state index in [1.807, 2.05) is 24.8 Å². The van der Waals surface area contributed by atoms with Crippen molar-refractivity contribution in [2.45, 2.75) is 39.0 Å². The number of fused-ring (bicyclic) bond motifs is 1. The van der Waals surface area contributed by atoms with Crippen molar-refractivity contribution in [1.29, 1.82) is 0 Å². The zero-order valence-electron chi connectivity index (χ0n) is 22.5. The van der Waals surface area contributed by atoms with E-state index in [0.717, 1.165) is 68.9 Å². The molecule has 3 aliphatic rings. The first-order valence-corrected chi connectivity index (χ1v) is 15.5. The Morgan fingerprint density at radius 1 is 1.05 bits per heavy atom. The number of amides is 1. The quantitative estimate of drug-likeness (QED) is 0.534. The summed E-state index contributed by atoms with van der Waals surface area (Å²) in [6.45, 7) is 9.12. The van der Waals surface area contributed by atoms with Gasteiger partial charge in [-0.25, -0.2) is 27.1 Å². The molecule has 3 aliphatic heterocycles. The van der Waals surface area contributed by atoms with Crippen LogP contribution in [-0.4, -0.2) is 90.5 Å². The molecule has 8 nitrogen and oxygen atoms in total. The highest BCUT2D eigenvalue weighted by Gasteiger charge is 2.42. The Balaban J connectivity index is 1.20. The van der Waals surface area contributed by atoms with Gasteiger partial charge in [0.1, 0.15) is 12.1 Å². The Labute approximate surface area is 225 Å². The summed E-state index contributed by atoms with van der Waals surface area (Å²) in [4.78, 5) is 26.1. The number of piperidine rings is 1. The normalized spacial score (nSPS) is 24.1. The molecular formula is C28H38FN5O3S. The van der Waals surface area contributed by atoms with Crippen LogP contribution >= 0.6 is 0 Å². The Hall–Kier alpha value is -2.43. The van der Waals surface area contributed by atoms with Gasteiger partial charge in [0.25, 0.3) is 5.91 Å². The van der Waals surface area contributed by atoms with Gasteiger partial charge in [0.05, 0.1) is 23.2 Å². The van der Waals surface area contributed by atoms with Crippen LogP contribution in [0.15, 0.2) is 30.6 Å². The zero-order valence-corrected chi connectivity index (χ0v) is 23.3. The van der Waals surface area contributed by atoms with Crippen molar-refractivity contribution in [3.05, 3.63) is 58.9 Å². The molecule has 4 heterocycles. The molecule has 0 saturated carbocycles. The molecule has 1 aromatic heterocycles. The molecule has 38 heavy (non-hydrogen) atoms. The molecule has 10 heteroatoms. The van der Waals surface area contributed by atoms with Gasteiger partial charge in [0.2, 0.25) is 10.0 Å². The van der Waals surface area contributed by atoms with Gasteiger partial charge < -0.3 is 9.80 Å². The summed E-state index contributed by atoms with van der Waals surface area (Å²) in [5.74, 6) is 1.23. The van der Waals surface area contributed by atoms with E-state index in [9.17, 15) is 17.6 Å². The summed E-state index contributed by atoms with van der Waals surface area (Å²) in [7, 11) is -3.18. The minimum Gasteiger partial charge on any atom is -0.338 e. The first-order chi connectivity index (χ1) is 18.1. The molecule has 0 N–H and O–H groups in total. The average Bonchev–Trinajstić information content (AvgIpc) is 3.43. The van der Waals surface area contributed by atoms with Crippen molar-refractivity contribution < 1.29 is 17.6 Å². The number of halogens is 1. The average molecular weight is 544 g/mol. The number of sulfonamides is 1. The fourth-order valence-electron chi connectivity index (χ4n) is 6.84. The molecule has 3 saturated heterocycles. The second kappa shape index (κ2) is 11.0. The van der Waals surface area contributed by atoms with Gasteiger partial charge in [-0.3, -0.25) is 4.79 Å². The predicted molar refractivity (Wildman–Crippen MR) is 144 cm³/mol. The molecule has 0 bridgehead atoms. The summed E-state index contributed by atoms with van der Waals surface area (Å²) >= 11 is 0. The van der Waals surface area contributed by atoms with Gasteiger partial charge in [0, 0.05) is 39.3 Å². The smallest absolute Gasteiger partial charge is 0.257 e. The van der Waals surface area contributed by atoms with Crippen molar-refractivity contribution in [2.24, 2.45) is 17.8 Å². The highest BCUT2D eigenvalue weighted by Crippen LogP contribution is 2.38. The summed E-state index contributed by atoms with van der Waals surface area (Å²) in [5.41, 5.74) is 3.10. The maximum Gasteiger partial charge on any atom is 0.257 e. The lowest BCUT2D eigenvalue weighted by molar-refractivity contribution is 0.0771. The largest absolute Gasteiger partial charge is 0.338 e. The monoisotopic (exact) mass is 543 g/mol. The van der Waals surface area contributed by atoms with E-state index in [4.69, 9.17) is 0 Å². The third-order valence-corrected chi connectivity index (χ3v) is 10.2. The van der Waals surface area contributed by atoms with Crippen molar-refractivity contribution in [1.82, 2.24) is 24.1 Å². The lowest BCUT2D eigenvalue weighted by Crippen LogP contribution is -2.39. The molecule has 3 atom stereocenters. The Morgan fingerprint density at radius 3 is 2.26 bits per heavy atom. The van der Waals surface area contributed by atoms with E-state index in [0.29, 0.717) is 36.4 Å². The molecule has 5 rings (SSSR count). The van der Waals surface area contributed by atoms with Crippen LogP contribution in [0.3, 0.4) is 0 Å². The maximum absolute atomic E-state index is 14.1. The number of hydrogen-bond acceptors (Lipinski definition) is 6. The van der Waals surface area contributed by atoms with E-state index in [-0.39, 0.29) is 17.6 Å². The fourth-order valence-corrected chi connectivity index (χ4v) is 7.72. The molecule has 0 radical (unpaired) electrons. The van der Waals surface area contributed by atoms with Gasteiger partial charge in [-0.1, -0.05) is 12.1 Å². The molecule has 1 amide bonds. The predicted octanol–water partition coefficient (Wildman–Crippen LogP) is 3.08. The number of hydrogen-bond donors (Lipinski definition) is 0. The summed E-state index contributed by atoms with van der Waals surface area (Å²) in [5, 5.41) is 0. The van der Waals surface area contributed by atoms with Gasteiger partial charge in [0.15, 0.2) is 0 Å². The van der Waals surface area contributed by atoms with E-state index in [1.54, 1.807) is 16.4 Å². The minimum absolute atomic E-state index is 0.0353. The molecule has 2 aromatic rings. The second-order valence-electron chi connectivity index (χ2n) is 11.4. The Bertz CT molecular complexity index is 1250. The zero-order chi connectivity index (χ0) is 27.0. The molecular weight excluding hydrogens is 505 g/mol. The number of aromatic nitrogens is 2. The van der Waals surface area contributed by atoms with E-state index < -0.39 is 10.0 Å². The van der Waals surface area contributed by atoms with Crippen LogP contribution in [0, 0.1) is 37.4 Å². The summed E-state index contributed by atoms with van der Waals surface area (Å²) < 4.78 is 39.7. The minimum atomic E-state index is -3.18. The molecule has 1 unspecified atom stereocenters. The number of rotatable bonds is 7. The van der Waals surface area contributed by atoms with Crippen LogP contribution in [0.5, 0.6) is 0 Å². The summed E-state index contributed by atoms with van der Waals surface area (Å²) in [6.07, 6.45) is 5.27. The van der Waals surface area contributed by atoms with Gasteiger partial charge >= 0.3 is 0 Å². The van der Waals surface area contributed by atoms with E-state index in [1.165, 1.54) is 18.6 Å². The second-order valence-corrected chi connectivity index (χ2v) is 13.3. The number of likely N-dealkylation sites (tertiary alicyclic amines) is 2. The Kier molecular flexibility index (Phi) is 7.84. The third-order valence-electron chi connectivity index (χ3n) is 8.86. The van der Waals surface area contributed by atoms with Crippen LogP contribution < -0.4 is 0 Å². The van der Waals surface area contributed by atoms with Crippen molar-refractivity contribution in [3.63, 3.8) is 0 Å². The number of carbonyl (C=O) groups excluding carboxylic acids is 1. The van der Waals surface area contributed by atoms with Gasteiger partial charge in [-0.2, -0.15) is 0 Å². The molecule has 3 fully saturated rings. The highest BCUT2D eigenvalue weighted by atomic mass is 32.2. The van der Waals surface area contributed by atoms with Crippen LogP contribution in [0.4, 0.5) is 4.39 Å². The van der Waals surface area contributed by atoms with E-state index >= 15 is 0 Å². The topological polar surface area (TPSA) is 86.7 Å². The van der Waals surface area contributed by atoms with Crippen LogP contribution in [-0.2, 0) is 10.0 Å². The highest BCUT2D eigenvalue weighted by molar-refractivity contribution is 7.88. The lowest BCUT2D eigenvalue weighted by Gasteiger charge is -2.36. The van der Waals surface area contributed by atoms with Crippen LogP contribution in [0.1, 0.15) is 52.5 Å². The molecule has 1 aromatic carbocycles. The lowest BCUT2D eigenvalue weighted by atomic mass is 9.78. The molecule has 206 valence electrons. The van der Waals surface area contributed by atoms with Gasteiger partial charge in [-0.05, 0) is 81.0 Å². The maximum atomic E-state index is 14.1. The number of carbonyl (C=O) groups is 1. The van der Waals surface area contributed by atoms with Gasteiger partial charge in [-0.15, -0.1) is 0 Å². The van der Waals surface area contributed by atoms with Crippen LogP contribution in [0.25, 0.3) is 0 Å². The third kappa shape index (κ3) is 5.77. The molecule has 0 aliphatic carbocycles. The SMILES string of the molecule is Cc1ncnc(C)c1C(=O)N1C[C@H]2CN(CCC(c3cccc(F)c3)C3CCN(S(C)(=O)=O)CC3)C[C@H]2C1. The standard InChI is InChI=1S/C28H38FN5O3S/c1-19-27(20(2)31-18-30-19)28(35)33-16-23-14-32(15-24(23)17-33)10-9-26(22-5-4-6-25(29)13-22)21-7-11-34(12-8-21)38(3,36)37/h4-6,13,18,21,23-24,26H,7-12,14-17H2,1-3H3/t23-,24+,26?. The number of aryl methyl sites for hydroxylation is 2. The first-order valence-electron chi connectivity index (χ1n) is 13.6. The first kappa shape index (κ1) is 27.1. The van der Waals surface area contributed by atoms with E-state index in [2.05, 4.69) is 14.9 Å². The van der Waals surface area contributed by atoms with Crippen molar-refractivity contribution >= 4 is 15.9 Å². The number of benzene rings is 1. The van der Waals surface area contributed by atoms with Crippen LogP contribution in [0.2, 0.25) is 0 Å². The van der Waals surface area contributed by atoms with Crippen molar-refractivity contribution in [2.75, 3.05) is 52.1 Å². The molecule has 0 spiro atoms. The number of nitrogens with zero attached hydrogens (tertiary/aromatic N) is 5. The van der Waals surface area contributed by atoms with Crippen molar-refractivity contribution in [3.8, 4) is 0 Å². The fraction of sp³-hybridized carbons (Fsp3) is 0.607. The summed E-state index contributed by atoms with van der Waals surface area (Å²) in [6, 6.07) is 6.91. The Morgan fingerprint density at radius 2 is 1.68 bits per heavy atom.